The molecular weight excluding hydrogens is 627 g/mol. The Morgan fingerprint density at radius 2 is 1.19 bits per heavy atom. The van der Waals surface area contributed by atoms with Crippen LogP contribution in [0.5, 0.6) is 0 Å². The van der Waals surface area contributed by atoms with Gasteiger partial charge in [-0.25, -0.2) is 4.57 Å². The summed E-state index contributed by atoms with van der Waals surface area (Å²) in [7, 11) is -4.40. The van der Waals surface area contributed by atoms with Crippen LogP contribution < -0.4 is 11.1 Å². The topological polar surface area (TPSA) is 151 Å². The maximum atomic E-state index is 12.7. The summed E-state index contributed by atoms with van der Waals surface area (Å²) in [6, 6.07) is -1.00. The van der Waals surface area contributed by atoms with Crippen molar-refractivity contribution in [2.24, 2.45) is 5.73 Å². The Morgan fingerprint density at radius 1 is 0.708 bits per heavy atom. The summed E-state index contributed by atoms with van der Waals surface area (Å²) in [4.78, 5) is 22.6. The second-order valence-electron chi connectivity index (χ2n) is 13.0. The lowest BCUT2D eigenvalue weighted by Crippen LogP contribution is -2.46. The standard InChI is InChI=1S/C38H73N2O7P/c1-3-5-7-9-11-13-15-16-17-18-19-20-22-24-26-28-30-37(42)36(34-47-48(44,45)46-32-31-39)40-38(43)33-35(41)29-27-25-23-21-14-12-10-8-6-4-2/h16-17,20,22,28,30,35-37,41-42H,3-15,18-19,21,23-27,29,31-34,39H2,1-2H3,(H,40,43)(H,44,45)/b17-16+,22-20+,30-28+. The van der Waals surface area contributed by atoms with Gasteiger partial charge in [-0.2, -0.15) is 0 Å². The van der Waals surface area contributed by atoms with Crippen molar-refractivity contribution in [2.45, 2.75) is 180 Å². The predicted molar refractivity (Wildman–Crippen MR) is 200 cm³/mol. The lowest BCUT2D eigenvalue weighted by Gasteiger charge is -2.24. The maximum Gasteiger partial charge on any atom is 0.472 e. The van der Waals surface area contributed by atoms with E-state index >= 15 is 0 Å². The minimum atomic E-state index is -4.40. The highest BCUT2D eigenvalue weighted by molar-refractivity contribution is 7.47. The molecule has 0 aliphatic rings. The van der Waals surface area contributed by atoms with Crippen LogP contribution >= 0.6 is 7.82 Å². The molecule has 282 valence electrons. The van der Waals surface area contributed by atoms with E-state index in [9.17, 15) is 24.5 Å². The van der Waals surface area contributed by atoms with E-state index in [0.717, 1.165) is 44.9 Å². The summed E-state index contributed by atoms with van der Waals surface area (Å²) < 4.78 is 22.0. The van der Waals surface area contributed by atoms with E-state index in [2.05, 4.69) is 43.5 Å². The number of amides is 1. The van der Waals surface area contributed by atoms with Crippen LogP contribution in [-0.4, -0.2) is 59.0 Å². The molecule has 0 aromatic rings. The summed E-state index contributed by atoms with van der Waals surface area (Å²) in [5.41, 5.74) is 5.34. The van der Waals surface area contributed by atoms with Gasteiger partial charge < -0.3 is 26.2 Å². The largest absolute Gasteiger partial charge is 0.472 e. The van der Waals surface area contributed by atoms with E-state index in [4.69, 9.17) is 14.8 Å². The first kappa shape index (κ1) is 46.7. The van der Waals surface area contributed by atoms with Crippen LogP contribution in [0.1, 0.15) is 162 Å². The van der Waals surface area contributed by atoms with E-state index in [1.54, 1.807) is 6.08 Å². The Morgan fingerprint density at radius 3 is 1.73 bits per heavy atom. The number of carbonyl (C=O) groups is 1. The first-order valence-electron chi connectivity index (χ1n) is 19.2. The molecule has 0 bridgehead atoms. The van der Waals surface area contributed by atoms with Gasteiger partial charge in [0, 0.05) is 6.54 Å². The molecular formula is C38H73N2O7P. The fraction of sp³-hybridized carbons (Fsp3) is 0.816. The van der Waals surface area contributed by atoms with E-state index in [1.807, 2.05) is 6.08 Å². The van der Waals surface area contributed by atoms with Gasteiger partial charge in [0.15, 0.2) is 0 Å². The molecule has 48 heavy (non-hydrogen) atoms. The molecule has 10 heteroatoms. The van der Waals surface area contributed by atoms with Crippen molar-refractivity contribution >= 4 is 13.7 Å². The lowest BCUT2D eigenvalue weighted by atomic mass is 10.0. The zero-order valence-corrected chi connectivity index (χ0v) is 31.5. The van der Waals surface area contributed by atoms with Gasteiger partial charge in [-0.1, -0.05) is 147 Å². The molecule has 0 aliphatic carbocycles. The van der Waals surface area contributed by atoms with Gasteiger partial charge in [-0.15, -0.1) is 0 Å². The number of phosphoric acid groups is 1. The van der Waals surface area contributed by atoms with Gasteiger partial charge in [-0.3, -0.25) is 13.8 Å². The van der Waals surface area contributed by atoms with Crippen LogP contribution in [0.2, 0.25) is 0 Å². The third-order valence-electron chi connectivity index (χ3n) is 8.25. The van der Waals surface area contributed by atoms with Gasteiger partial charge >= 0.3 is 7.82 Å². The molecule has 0 heterocycles. The Balaban J connectivity index is 4.53. The number of unbranched alkanes of at least 4 members (excludes halogenated alkanes) is 17. The molecule has 0 saturated carbocycles. The average molecular weight is 701 g/mol. The summed E-state index contributed by atoms with van der Waals surface area (Å²) in [6.45, 7) is 3.90. The number of nitrogens with one attached hydrogen (secondary N) is 1. The number of allylic oxidation sites excluding steroid dienone is 5. The zero-order chi connectivity index (χ0) is 35.6. The van der Waals surface area contributed by atoms with Gasteiger partial charge in [0.1, 0.15) is 0 Å². The van der Waals surface area contributed by atoms with Crippen molar-refractivity contribution in [1.82, 2.24) is 5.32 Å². The number of nitrogens with two attached hydrogens (primary N) is 1. The number of hydrogen-bond donors (Lipinski definition) is 5. The van der Waals surface area contributed by atoms with Crippen molar-refractivity contribution in [1.29, 1.82) is 0 Å². The molecule has 4 unspecified atom stereocenters. The molecule has 6 N–H and O–H groups in total. The molecule has 0 aliphatic heterocycles. The van der Waals surface area contributed by atoms with E-state index in [0.29, 0.717) is 12.8 Å². The average Bonchev–Trinajstić information content (AvgIpc) is 3.06. The smallest absolute Gasteiger partial charge is 0.393 e. The predicted octanol–water partition coefficient (Wildman–Crippen LogP) is 8.97. The molecule has 0 rings (SSSR count). The summed E-state index contributed by atoms with van der Waals surface area (Å²) in [6.07, 6.45) is 35.2. The highest BCUT2D eigenvalue weighted by atomic mass is 31.2. The molecule has 4 atom stereocenters. The number of carbonyl (C=O) groups excluding carboxylic acids is 1. The second kappa shape index (κ2) is 34.1. The summed E-state index contributed by atoms with van der Waals surface area (Å²) >= 11 is 0. The number of rotatable bonds is 35. The third-order valence-corrected chi connectivity index (χ3v) is 9.24. The molecule has 9 nitrogen and oxygen atoms in total. The number of aliphatic hydroxyl groups excluding tert-OH is 2. The van der Waals surface area contributed by atoms with Crippen LogP contribution in [0.4, 0.5) is 0 Å². The molecule has 0 spiro atoms. The van der Waals surface area contributed by atoms with Crippen LogP contribution in [0.25, 0.3) is 0 Å². The monoisotopic (exact) mass is 701 g/mol. The molecule has 0 saturated heterocycles. The Bertz CT molecular complexity index is 868. The normalized spacial score (nSPS) is 15.4. The number of phosphoric ester groups is 1. The first-order valence-corrected chi connectivity index (χ1v) is 20.7. The van der Waals surface area contributed by atoms with Crippen molar-refractivity contribution in [3.8, 4) is 0 Å². The quantitative estimate of drug-likeness (QED) is 0.0250. The van der Waals surface area contributed by atoms with Gasteiger partial charge in [-0.05, 0) is 44.9 Å². The summed E-state index contributed by atoms with van der Waals surface area (Å²) in [5.74, 6) is -0.463. The highest BCUT2D eigenvalue weighted by Gasteiger charge is 2.27. The highest BCUT2D eigenvalue weighted by Crippen LogP contribution is 2.43. The molecule has 0 radical (unpaired) electrons. The SMILES string of the molecule is CCCCCCCC/C=C/CC/C=C/CC/C=C/C(O)C(COP(=O)(O)OCCN)NC(=O)CC(O)CCCCCCCCCCCC. The minimum Gasteiger partial charge on any atom is -0.393 e. The van der Waals surface area contributed by atoms with E-state index in [1.165, 1.54) is 83.5 Å². The van der Waals surface area contributed by atoms with E-state index < -0.39 is 38.6 Å². The molecule has 0 fully saturated rings. The Hall–Kier alpha value is -1.32. The van der Waals surface area contributed by atoms with Crippen molar-refractivity contribution < 1.29 is 33.5 Å². The van der Waals surface area contributed by atoms with Gasteiger partial charge in [0.05, 0.1) is 37.9 Å². The summed E-state index contributed by atoms with van der Waals surface area (Å²) in [5, 5.41) is 23.9. The Labute approximate surface area is 293 Å². The van der Waals surface area contributed by atoms with Gasteiger partial charge in [0.25, 0.3) is 0 Å². The van der Waals surface area contributed by atoms with Crippen LogP contribution in [0.15, 0.2) is 36.5 Å². The minimum absolute atomic E-state index is 0.0424. The van der Waals surface area contributed by atoms with Crippen molar-refractivity contribution in [3.05, 3.63) is 36.5 Å². The lowest BCUT2D eigenvalue weighted by molar-refractivity contribution is -0.124. The molecule has 0 aromatic carbocycles. The zero-order valence-electron chi connectivity index (χ0n) is 30.6. The molecule has 0 aromatic heterocycles. The van der Waals surface area contributed by atoms with Crippen LogP contribution in [0.3, 0.4) is 0 Å². The van der Waals surface area contributed by atoms with Crippen LogP contribution in [0, 0.1) is 0 Å². The van der Waals surface area contributed by atoms with Crippen molar-refractivity contribution in [3.63, 3.8) is 0 Å². The van der Waals surface area contributed by atoms with E-state index in [-0.39, 0.29) is 19.6 Å². The first-order chi connectivity index (χ1) is 23.3. The fourth-order valence-electron chi connectivity index (χ4n) is 5.32. The molecule has 1 amide bonds. The second-order valence-corrected chi connectivity index (χ2v) is 14.4. The Kier molecular flexibility index (Phi) is 33.2. The number of aliphatic hydroxyl groups is 2. The van der Waals surface area contributed by atoms with Crippen LogP contribution in [-0.2, 0) is 18.4 Å². The fourth-order valence-corrected chi connectivity index (χ4v) is 6.08. The van der Waals surface area contributed by atoms with Gasteiger partial charge in [0.2, 0.25) is 5.91 Å². The van der Waals surface area contributed by atoms with Crippen molar-refractivity contribution in [2.75, 3.05) is 19.8 Å². The maximum absolute atomic E-state index is 12.7. The third kappa shape index (κ3) is 31.9. The number of hydrogen-bond acceptors (Lipinski definition) is 7.